The van der Waals surface area contributed by atoms with Crippen LogP contribution < -0.4 is 9.62 Å². The molecule has 38 heavy (non-hydrogen) atoms. The Bertz CT molecular complexity index is 1400. The highest BCUT2D eigenvalue weighted by molar-refractivity contribution is 7.92. The lowest BCUT2D eigenvalue weighted by Gasteiger charge is -2.32. The molecule has 0 saturated heterocycles. The summed E-state index contributed by atoms with van der Waals surface area (Å²) < 4.78 is 28.4. The fraction of sp³-hybridized carbons (Fsp3) is 0.259. The molecule has 3 rings (SSSR count). The Morgan fingerprint density at radius 3 is 2.11 bits per heavy atom. The Labute approximate surface area is 238 Å². The molecule has 0 radical (unpaired) electrons. The first kappa shape index (κ1) is 29.8. The molecular formula is C27H28Cl3N3O4S. The van der Waals surface area contributed by atoms with Gasteiger partial charge in [0, 0.05) is 22.6 Å². The van der Waals surface area contributed by atoms with E-state index in [0.717, 1.165) is 4.31 Å². The SMILES string of the molecule is CC(C)NC(=O)[C@@H](C)N(Cc1ccccc1Cl)C(=O)CN(c1ccc(Cl)cc1Cl)S(=O)(=O)c1ccccc1. The number of rotatable bonds is 10. The molecule has 1 N–H and O–H groups in total. The number of halogens is 3. The van der Waals surface area contributed by atoms with Crippen LogP contribution in [0.5, 0.6) is 0 Å². The first-order valence-corrected chi connectivity index (χ1v) is 14.3. The number of carbonyl (C=O) groups excluding carboxylic acids is 2. The summed E-state index contributed by atoms with van der Waals surface area (Å²) in [5.41, 5.74) is 0.680. The minimum atomic E-state index is -4.23. The third-order valence-electron chi connectivity index (χ3n) is 5.69. The van der Waals surface area contributed by atoms with Crippen LogP contribution in [0.3, 0.4) is 0 Å². The van der Waals surface area contributed by atoms with Gasteiger partial charge in [0.05, 0.1) is 15.6 Å². The lowest BCUT2D eigenvalue weighted by molar-refractivity contribution is -0.139. The molecule has 202 valence electrons. The summed E-state index contributed by atoms with van der Waals surface area (Å²) in [4.78, 5) is 28.1. The van der Waals surface area contributed by atoms with Crippen LogP contribution >= 0.6 is 34.8 Å². The molecule has 0 unspecified atom stereocenters. The average Bonchev–Trinajstić information content (AvgIpc) is 2.86. The van der Waals surface area contributed by atoms with Crippen LogP contribution in [0, 0.1) is 0 Å². The van der Waals surface area contributed by atoms with Crippen LogP contribution in [0.15, 0.2) is 77.7 Å². The average molecular weight is 597 g/mol. The fourth-order valence-corrected chi connectivity index (χ4v) is 5.92. The van der Waals surface area contributed by atoms with E-state index in [0.29, 0.717) is 15.6 Å². The minimum absolute atomic E-state index is 0.0151. The second-order valence-corrected chi connectivity index (χ2v) is 12.0. The van der Waals surface area contributed by atoms with Gasteiger partial charge in [-0.05, 0) is 62.7 Å². The predicted octanol–water partition coefficient (Wildman–Crippen LogP) is 5.78. The van der Waals surface area contributed by atoms with E-state index in [-0.39, 0.29) is 34.1 Å². The van der Waals surface area contributed by atoms with Crippen molar-refractivity contribution in [2.75, 3.05) is 10.8 Å². The molecule has 0 aliphatic rings. The Hall–Kier alpha value is -2.78. The summed E-state index contributed by atoms with van der Waals surface area (Å²) in [7, 11) is -4.23. The van der Waals surface area contributed by atoms with Crippen LogP contribution in [0.4, 0.5) is 5.69 Å². The molecule has 11 heteroatoms. The summed E-state index contributed by atoms with van der Waals surface area (Å²) in [6.07, 6.45) is 0. The van der Waals surface area contributed by atoms with E-state index in [9.17, 15) is 18.0 Å². The van der Waals surface area contributed by atoms with Crippen molar-refractivity contribution in [1.29, 1.82) is 0 Å². The van der Waals surface area contributed by atoms with Crippen molar-refractivity contribution in [3.05, 3.63) is 93.4 Å². The third kappa shape index (κ3) is 7.20. The topological polar surface area (TPSA) is 86.8 Å². The number of benzene rings is 3. The molecule has 0 heterocycles. The van der Waals surface area contributed by atoms with Gasteiger partial charge in [0.25, 0.3) is 10.0 Å². The molecule has 3 aromatic carbocycles. The van der Waals surface area contributed by atoms with Gasteiger partial charge in [0.2, 0.25) is 11.8 Å². The quantitative estimate of drug-likeness (QED) is 0.321. The summed E-state index contributed by atoms with van der Waals surface area (Å²) in [5.74, 6) is -1.01. The molecule has 0 aliphatic carbocycles. The number of carbonyl (C=O) groups is 2. The zero-order chi connectivity index (χ0) is 28.0. The Kier molecular flexibility index (Phi) is 10.1. The van der Waals surface area contributed by atoms with Gasteiger partial charge in [0.1, 0.15) is 12.6 Å². The van der Waals surface area contributed by atoms with Gasteiger partial charge in [-0.1, -0.05) is 71.2 Å². The van der Waals surface area contributed by atoms with Gasteiger partial charge in [-0.2, -0.15) is 0 Å². The first-order valence-electron chi connectivity index (χ1n) is 11.8. The van der Waals surface area contributed by atoms with E-state index >= 15 is 0 Å². The van der Waals surface area contributed by atoms with E-state index in [4.69, 9.17) is 34.8 Å². The third-order valence-corrected chi connectivity index (χ3v) is 8.37. The normalized spacial score (nSPS) is 12.2. The first-order chi connectivity index (χ1) is 17.9. The highest BCUT2D eigenvalue weighted by Gasteiger charge is 2.33. The highest BCUT2D eigenvalue weighted by Crippen LogP contribution is 2.33. The van der Waals surface area contributed by atoms with Gasteiger partial charge in [-0.25, -0.2) is 8.42 Å². The fourth-order valence-electron chi connectivity index (χ4n) is 3.71. The van der Waals surface area contributed by atoms with Crippen molar-refractivity contribution in [1.82, 2.24) is 10.2 Å². The van der Waals surface area contributed by atoms with E-state index < -0.39 is 28.5 Å². The molecule has 0 spiro atoms. The number of hydrogen-bond acceptors (Lipinski definition) is 4. The van der Waals surface area contributed by atoms with Crippen LogP contribution in [0.2, 0.25) is 15.1 Å². The number of anilines is 1. The predicted molar refractivity (Wildman–Crippen MR) is 152 cm³/mol. The summed E-state index contributed by atoms with van der Waals surface area (Å²) in [5, 5.41) is 3.57. The van der Waals surface area contributed by atoms with Gasteiger partial charge >= 0.3 is 0 Å². The van der Waals surface area contributed by atoms with Crippen molar-refractivity contribution >= 4 is 62.3 Å². The molecule has 0 bridgehead atoms. The molecule has 0 aliphatic heterocycles. The van der Waals surface area contributed by atoms with Gasteiger partial charge in [0.15, 0.2) is 0 Å². The van der Waals surface area contributed by atoms with E-state index in [1.807, 2.05) is 13.8 Å². The molecule has 0 fully saturated rings. The summed E-state index contributed by atoms with van der Waals surface area (Å²) in [6.45, 7) is 4.56. The van der Waals surface area contributed by atoms with Crippen LogP contribution in [-0.2, 0) is 26.2 Å². The lowest BCUT2D eigenvalue weighted by atomic mass is 10.1. The molecule has 3 aromatic rings. The largest absolute Gasteiger partial charge is 0.352 e. The minimum Gasteiger partial charge on any atom is -0.352 e. The number of sulfonamides is 1. The summed E-state index contributed by atoms with van der Waals surface area (Å²) >= 11 is 18.8. The van der Waals surface area contributed by atoms with Crippen molar-refractivity contribution in [2.24, 2.45) is 0 Å². The maximum absolute atomic E-state index is 13.9. The zero-order valence-electron chi connectivity index (χ0n) is 21.1. The molecule has 2 amide bonds. The van der Waals surface area contributed by atoms with E-state index in [2.05, 4.69) is 5.32 Å². The standard InChI is InChI=1S/C27H28Cl3N3O4S/c1-18(2)31-27(35)19(3)32(16-20-9-7-8-12-23(20)29)26(34)17-33(25-14-13-21(28)15-24(25)30)38(36,37)22-10-5-4-6-11-22/h4-15,18-19H,16-17H2,1-3H3,(H,31,35)/t19-/m1/s1. The molecule has 7 nitrogen and oxygen atoms in total. The molecule has 0 saturated carbocycles. The van der Waals surface area contributed by atoms with Crippen LogP contribution in [-0.4, -0.2) is 43.8 Å². The maximum Gasteiger partial charge on any atom is 0.264 e. The molecular weight excluding hydrogens is 569 g/mol. The Balaban J connectivity index is 2.07. The second kappa shape index (κ2) is 12.8. The zero-order valence-corrected chi connectivity index (χ0v) is 24.2. The van der Waals surface area contributed by atoms with Crippen molar-refractivity contribution in [3.8, 4) is 0 Å². The van der Waals surface area contributed by atoms with Gasteiger partial charge in [-0.15, -0.1) is 0 Å². The van der Waals surface area contributed by atoms with Crippen LogP contribution in [0.1, 0.15) is 26.3 Å². The Morgan fingerprint density at radius 2 is 1.50 bits per heavy atom. The van der Waals surface area contributed by atoms with E-state index in [1.54, 1.807) is 49.4 Å². The number of hydrogen-bond donors (Lipinski definition) is 1. The van der Waals surface area contributed by atoms with Gasteiger partial charge < -0.3 is 10.2 Å². The number of nitrogens with zero attached hydrogens (tertiary/aromatic N) is 2. The Morgan fingerprint density at radius 1 is 0.868 bits per heavy atom. The second-order valence-electron chi connectivity index (χ2n) is 8.87. The molecule has 0 aromatic heterocycles. The number of amides is 2. The van der Waals surface area contributed by atoms with Crippen LogP contribution in [0.25, 0.3) is 0 Å². The van der Waals surface area contributed by atoms with Crippen molar-refractivity contribution in [3.63, 3.8) is 0 Å². The number of nitrogens with one attached hydrogen (secondary N) is 1. The smallest absolute Gasteiger partial charge is 0.264 e. The monoisotopic (exact) mass is 595 g/mol. The van der Waals surface area contributed by atoms with E-state index in [1.165, 1.54) is 35.2 Å². The van der Waals surface area contributed by atoms with Crippen molar-refractivity contribution in [2.45, 2.75) is 44.3 Å². The lowest BCUT2D eigenvalue weighted by Crippen LogP contribution is -2.52. The maximum atomic E-state index is 13.9. The van der Waals surface area contributed by atoms with Crippen molar-refractivity contribution < 1.29 is 18.0 Å². The highest BCUT2D eigenvalue weighted by atomic mass is 35.5. The van der Waals surface area contributed by atoms with Gasteiger partial charge in [-0.3, -0.25) is 13.9 Å². The summed E-state index contributed by atoms with van der Waals surface area (Å²) in [6, 6.07) is 17.9. The molecule has 1 atom stereocenters.